The number of aromatic nitrogens is 1. The Labute approximate surface area is 191 Å². The molecule has 0 unspecified atom stereocenters. The van der Waals surface area contributed by atoms with E-state index in [4.69, 9.17) is 5.73 Å². The number of rotatable bonds is 6. The topological polar surface area (TPSA) is 78.3 Å². The Morgan fingerprint density at radius 3 is 2.53 bits per heavy atom. The van der Waals surface area contributed by atoms with Gasteiger partial charge in [0, 0.05) is 48.9 Å². The van der Waals surface area contributed by atoms with Crippen LogP contribution < -0.4 is 10.6 Å². The zero-order chi connectivity index (χ0) is 23.1. The van der Waals surface area contributed by atoms with Crippen molar-refractivity contribution in [1.82, 2.24) is 4.98 Å². The Morgan fingerprint density at radius 1 is 1.22 bits per heavy atom. The maximum atomic E-state index is 9.23. The number of pyridine rings is 1. The third-order valence-electron chi connectivity index (χ3n) is 5.60. The lowest BCUT2D eigenvalue weighted by Gasteiger charge is -2.34. The molecule has 0 aliphatic carbocycles. The van der Waals surface area contributed by atoms with Crippen molar-refractivity contribution < 1.29 is 0 Å². The minimum absolute atomic E-state index is 0.261. The molecule has 1 fully saturated rings. The van der Waals surface area contributed by atoms with Crippen molar-refractivity contribution in [2.75, 3.05) is 18.0 Å². The van der Waals surface area contributed by atoms with Gasteiger partial charge in [0.15, 0.2) is 0 Å². The van der Waals surface area contributed by atoms with Crippen LogP contribution in [-0.2, 0) is 0 Å². The van der Waals surface area contributed by atoms with Crippen LogP contribution in [0.1, 0.15) is 36.5 Å². The van der Waals surface area contributed by atoms with Gasteiger partial charge in [-0.05, 0) is 57.5 Å². The molecule has 164 valence electrons. The van der Waals surface area contributed by atoms with E-state index in [0.29, 0.717) is 5.57 Å². The summed E-state index contributed by atoms with van der Waals surface area (Å²) >= 11 is 0. The minimum atomic E-state index is 0.261. The van der Waals surface area contributed by atoms with E-state index in [-0.39, 0.29) is 6.04 Å². The fourth-order valence-corrected chi connectivity index (χ4v) is 4.12. The average molecular weight is 426 g/mol. The molecule has 1 saturated heterocycles. The smallest absolute Gasteiger partial charge is 0.101 e. The van der Waals surface area contributed by atoms with Crippen LogP contribution in [-0.4, -0.2) is 30.8 Å². The van der Waals surface area contributed by atoms with Gasteiger partial charge < -0.3 is 10.6 Å². The fourth-order valence-electron chi connectivity index (χ4n) is 4.12. The molecule has 32 heavy (non-hydrogen) atoms. The highest BCUT2D eigenvalue weighted by Crippen LogP contribution is 2.36. The highest BCUT2D eigenvalue weighted by molar-refractivity contribution is 5.85. The van der Waals surface area contributed by atoms with E-state index in [2.05, 4.69) is 65.8 Å². The van der Waals surface area contributed by atoms with Gasteiger partial charge in [-0.1, -0.05) is 41.5 Å². The molecular formula is C27H31N5. The van der Waals surface area contributed by atoms with Crippen molar-refractivity contribution >= 4 is 18.5 Å². The normalized spacial score (nSPS) is 15.8. The first kappa shape index (κ1) is 23.2. The molecule has 5 heteroatoms. The van der Waals surface area contributed by atoms with Crippen LogP contribution in [0.5, 0.6) is 0 Å². The van der Waals surface area contributed by atoms with Gasteiger partial charge in [0.25, 0.3) is 0 Å². The van der Waals surface area contributed by atoms with Crippen molar-refractivity contribution in [3.05, 3.63) is 76.8 Å². The Bertz CT molecular complexity index is 1090. The third kappa shape index (κ3) is 5.81. The summed E-state index contributed by atoms with van der Waals surface area (Å²) < 4.78 is 0. The predicted molar refractivity (Wildman–Crippen MR) is 135 cm³/mol. The molecule has 1 aromatic carbocycles. The second kappa shape index (κ2) is 10.7. The van der Waals surface area contributed by atoms with Gasteiger partial charge >= 0.3 is 0 Å². The number of anilines is 1. The lowest BCUT2D eigenvalue weighted by Crippen LogP contribution is -2.40. The van der Waals surface area contributed by atoms with Gasteiger partial charge in [0.05, 0.1) is 11.3 Å². The summed E-state index contributed by atoms with van der Waals surface area (Å²) in [5.74, 6) is 0. The third-order valence-corrected chi connectivity index (χ3v) is 5.60. The van der Waals surface area contributed by atoms with Crippen LogP contribution in [0.15, 0.2) is 65.1 Å². The van der Waals surface area contributed by atoms with Gasteiger partial charge in [-0.25, -0.2) is 0 Å². The van der Waals surface area contributed by atoms with Gasteiger partial charge in [-0.3, -0.25) is 9.98 Å². The molecule has 0 amide bonds. The number of hydrogen-bond acceptors (Lipinski definition) is 5. The molecule has 3 rings (SSSR count). The Balaban J connectivity index is 2.08. The summed E-state index contributed by atoms with van der Waals surface area (Å²) in [7, 11) is 0. The molecule has 0 bridgehead atoms. The van der Waals surface area contributed by atoms with E-state index < -0.39 is 0 Å². The highest BCUT2D eigenvalue weighted by Gasteiger charge is 2.22. The molecule has 2 aromatic rings. The first-order valence-electron chi connectivity index (χ1n) is 10.9. The highest BCUT2D eigenvalue weighted by atomic mass is 15.1. The largest absolute Gasteiger partial charge is 0.370 e. The Kier molecular flexibility index (Phi) is 7.75. The molecule has 0 radical (unpaired) electrons. The second-order valence-corrected chi connectivity index (χ2v) is 8.43. The zero-order valence-electron chi connectivity index (χ0n) is 19.2. The summed E-state index contributed by atoms with van der Waals surface area (Å²) in [4.78, 5) is 10.7. The molecule has 1 aliphatic heterocycles. The van der Waals surface area contributed by atoms with E-state index in [1.54, 1.807) is 6.08 Å². The number of aliphatic imine (C=N–C) groups is 1. The molecular weight excluding hydrogens is 394 g/mol. The summed E-state index contributed by atoms with van der Waals surface area (Å²) in [6.07, 6.45) is 13.2. The van der Waals surface area contributed by atoms with Crippen molar-refractivity contribution in [1.29, 1.82) is 5.26 Å². The molecule has 1 aliphatic rings. The average Bonchev–Trinajstić information content (AvgIpc) is 2.77. The zero-order valence-corrected chi connectivity index (χ0v) is 19.2. The molecule has 5 nitrogen and oxygen atoms in total. The van der Waals surface area contributed by atoms with Crippen LogP contribution in [0.3, 0.4) is 0 Å². The summed E-state index contributed by atoms with van der Waals surface area (Å²) in [6, 6.07) is 9.01. The van der Waals surface area contributed by atoms with Crippen LogP contribution in [0, 0.1) is 25.2 Å². The van der Waals surface area contributed by atoms with Crippen LogP contribution in [0.25, 0.3) is 17.2 Å². The number of nitrogens with two attached hydrogens (primary N) is 1. The standard InChI is InChI=1S/C27H31N5/c1-19(12-22(15-28)16-30-4)5-6-23-17-31-18-26(24-13-20(2)11-21(3)14-24)27(23)32-9-7-25(29)8-10-32/h5-6,11-14,16-18,25H,4,7-10,29H2,1-3H3/b6-5+,19-12+,22-16+. The van der Waals surface area contributed by atoms with Crippen LogP contribution in [0.2, 0.25) is 0 Å². The van der Waals surface area contributed by atoms with Gasteiger partial charge in [-0.2, -0.15) is 5.26 Å². The van der Waals surface area contributed by atoms with Crippen molar-refractivity contribution in [3.63, 3.8) is 0 Å². The summed E-state index contributed by atoms with van der Waals surface area (Å²) in [6.45, 7) is 11.5. The number of piperidine rings is 1. The Morgan fingerprint density at radius 2 is 1.91 bits per heavy atom. The number of benzene rings is 1. The van der Waals surface area contributed by atoms with Crippen molar-refractivity contribution in [2.45, 2.75) is 39.7 Å². The fraction of sp³-hybridized carbons (Fsp3) is 0.296. The SMILES string of the molecule is C=N\C=C(C#N)/C=C(C)/C=C/c1cncc(-c2cc(C)cc(C)c2)c1N1CCC(N)CC1. The maximum absolute atomic E-state index is 9.23. The summed E-state index contributed by atoms with van der Waals surface area (Å²) in [5.41, 5.74) is 14.6. The molecule has 0 atom stereocenters. The number of nitriles is 1. The first-order chi connectivity index (χ1) is 15.4. The van der Waals surface area contributed by atoms with Crippen molar-refractivity contribution in [3.8, 4) is 17.2 Å². The monoisotopic (exact) mass is 425 g/mol. The van der Waals surface area contributed by atoms with Gasteiger partial charge in [-0.15, -0.1) is 0 Å². The van der Waals surface area contributed by atoms with E-state index in [9.17, 15) is 5.26 Å². The number of aryl methyl sites for hydroxylation is 2. The minimum Gasteiger partial charge on any atom is -0.370 e. The molecule has 0 spiro atoms. The van der Waals surface area contributed by atoms with Gasteiger partial charge in [0.1, 0.15) is 6.07 Å². The lowest BCUT2D eigenvalue weighted by atomic mass is 9.96. The number of allylic oxidation sites excluding steroid dienone is 4. The quantitative estimate of drug-likeness (QED) is 0.384. The molecule has 2 heterocycles. The van der Waals surface area contributed by atoms with E-state index in [0.717, 1.165) is 42.6 Å². The lowest BCUT2D eigenvalue weighted by molar-refractivity contribution is 0.501. The van der Waals surface area contributed by atoms with E-state index in [1.165, 1.54) is 28.6 Å². The van der Waals surface area contributed by atoms with Crippen LogP contribution in [0.4, 0.5) is 5.69 Å². The van der Waals surface area contributed by atoms with E-state index in [1.807, 2.05) is 25.4 Å². The van der Waals surface area contributed by atoms with Crippen LogP contribution >= 0.6 is 0 Å². The summed E-state index contributed by atoms with van der Waals surface area (Å²) in [5, 5.41) is 9.23. The van der Waals surface area contributed by atoms with E-state index >= 15 is 0 Å². The number of nitrogens with zero attached hydrogens (tertiary/aromatic N) is 4. The van der Waals surface area contributed by atoms with Crippen molar-refractivity contribution in [2.24, 2.45) is 10.7 Å². The maximum Gasteiger partial charge on any atom is 0.101 e. The second-order valence-electron chi connectivity index (χ2n) is 8.43. The van der Waals surface area contributed by atoms with Gasteiger partial charge in [0.2, 0.25) is 0 Å². The number of hydrogen-bond donors (Lipinski definition) is 1. The Hall–Kier alpha value is -3.49. The predicted octanol–water partition coefficient (Wildman–Crippen LogP) is 5.36. The first-order valence-corrected chi connectivity index (χ1v) is 10.9. The molecule has 2 N–H and O–H groups in total. The molecule has 0 saturated carbocycles. The molecule has 1 aromatic heterocycles.